The summed E-state index contributed by atoms with van der Waals surface area (Å²) in [5.74, 6) is 0.762. The van der Waals surface area contributed by atoms with Crippen molar-refractivity contribution in [3.63, 3.8) is 0 Å². The van der Waals surface area contributed by atoms with E-state index in [9.17, 15) is 9.59 Å². The largest absolute Gasteiger partial charge is 0.461 e. The molecule has 0 saturated carbocycles. The van der Waals surface area contributed by atoms with E-state index in [1.165, 1.54) is 11.8 Å². The van der Waals surface area contributed by atoms with Crippen LogP contribution in [0.4, 0.5) is 10.5 Å². The lowest BCUT2D eigenvalue weighted by molar-refractivity contribution is -0.117. The number of furan rings is 1. The lowest BCUT2D eigenvalue weighted by Gasteiger charge is -2.08. The first-order valence-corrected chi connectivity index (χ1v) is 9.17. The third-order valence-corrected chi connectivity index (χ3v) is 4.95. The second-order valence-electron chi connectivity index (χ2n) is 5.93. The molecule has 0 fully saturated rings. The molecule has 2 heterocycles. The van der Waals surface area contributed by atoms with Crippen LogP contribution in [0.2, 0.25) is 0 Å². The number of anilines is 1. The number of carbonyl (C=O) groups is 2. The molecular weight excluding hydrogens is 366 g/mol. The number of imide groups is 1. The lowest BCUT2D eigenvalue weighted by Crippen LogP contribution is -2.35. The molecule has 3 aromatic rings. The van der Waals surface area contributed by atoms with Crippen molar-refractivity contribution in [1.29, 1.82) is 0 Å². The predicted molar refractivity (Wildman–Crippen MR) is 103 cm³/mol. The van der Waals surface area contributed by atoms with Crippen LogP contribution in [-0.4, -0.2) is 32.5 Å². The fraction of sp³-hybridized carbons (Fsp3) is 0.222. The summed E-state index contributed by atoms with van der Waals surface area (Å²) in [6.45, 7) is 3.95. The summed E-state index contributed by atoms with van der Waals surface area (Å²) < 4.78 is 7.03. The maximum Gasteiger partial charge on any atom is 0.325 e. The summed E-state index contributed by atoms with van der Waals surface area (Å²) in [5, 5.41) is 13.6. The average molecular weight is 385 g/mol. The quantitative estimate of drug-likeness (QED) is 0.654. The third-order valence-electron chi connectivity index (χ3n) is 3.93. The number of hydrogen-bond donors (Lipinski definition) is 2. The zero-order valence-corrected chi connectivity index (χ0v) is 16.0. The Kier molecular flexibility index (Phi) is 5.60. The van der Waals surface area contributed by atoms with Crippen LogP contribution in [0, 0.1) is 13.8 Å². The van der Waals surface area contributed by atoms with Crippen LogP contribution in [0.25, 0.3) is 11.6 Å². The molecule has 0 radical (unpaired) electrons. The number of amides is 3. The summed E-state index contributed by atoms with van der Waals surface area (Å²) in [6.07, 6.45) is 1.55. The van der Waals surface area contributed by atoms with Gasteiger partial charge in [0, 0.05) is 12.7 Å². The van der Waals surface area contributed by atoms with E-state index < -0.39 is 11.9 Å². The average Bonchev–Trinajstić information content (AvgIpc) is 3.26. The number of aromatic nitrogens is 3. The van der Waals surface area contributed by atoms with Crippen LogP contribution in [-0.2, 0) is 11.8 Å². The summed E-state index contributed by atoms with van der Waals surface area (Å²) in [7, 11) is 1.78. The lowest BCUT2D eigenvalue weighted by atomic mass is 10.1. The smallest absolute Gasteiger partial charge is 0.325 e. The number of urea groups is 1. The van der Waals surface area contributed by atoms with Gasteiger partial charge in [-0.2, -0.15) is 0 Å². The number of hydrogen-bond acceptors (Lipinski definition) is 6. The predicted octanol–water partition coefficient (Wildman–Crippen LogP) is 3.13. The molecule has 140 valence electrons. The van der Waals surface area contributed by atoms with Crippen LogP contribution in [0.1, 0.15) is 11.1 Å². The van der Waals surface area contributed by atoms with Crippen molar-refractivity contribution in [2.45, 2.75) is 19.0 Å². The van der Waals surface area contributed by atoms with E-state index in [2.05, 4.69) is 20.8 Å². The second-order valence-corrected chi connectivity index (χ2v) is 6.88. The van der Waals surface area contributed by atoms with E-state index in [0.717, 1.165) is 11.1 Å². The van der Waals surface area contributed by atoms with Gasteiger partial charge in [0.2, 0.25) is 5.91 Å². The fourth-order valence-corrected chi connectivity index (χ4v) is 3.05. The zero-order chi connectivity index (χ0) is 19.4. The van der Waals surface area contributed by atoms with Gasteiger partial charge >= 0.3 is 6.03 Å². The molecule has 0 saturated heterocycles. The van der Waals surface area contributed by atoms with Gasteiger partial charge in [-0.1, -0.05) is 17.8 Å². The number of nitrogens with zero attached hydrogens (tertiary/aromatic N) is 3. The molecule has 0 spiro atoms. The topological polar surface area (TPSA) is 102 Å². The molecule has 9 heteroatoms. The summed E-state index contributed by atoms with van der Waals surface area (Å²) >= 11 is 1.18. The Hall–Kier alpha value is -3.07. The molecule has 0 aliphatic heterocycles. The number of carbonyl (C=O) groups excluding carboxylic acids is 2. The van der Waals surface area contributed by atoms with E-state index in [1.807, 2.05) is 26.0 Å². The van der Waals surface area contributed by atoms with Crippen LogP contribution in [0.15, 0.2) is 46.2 Å². The van der Waals surface area contributed by atoms with E-state index >= 15 is 0 Å². The van der Waals surface area contributed by atoms with Crippen LogP contribution >= 0.6 is 11.8 Å². The minimum Gasteiger partial charge on any atom is -0.461 e. The normalized spacial score (nSPS) is 10.6. The van der Waals surface area contributed by atoms with E-state index in [4.69, 9.17) is 4.42 Å². The van der Waals surface area contributed by atoms with Gasteiger partial charge in [0.15, 0.2) is 16.7 Å². The van der Waals surface area contributed by atoms with Crippen LogP contribution in [0.5, 0.6) is 0 Å². The standard InChI is InChI=1S/C18H19N5O3S/c1-11-6-7-13(9-12(11)2)19-17(25)20-15(24)10-27-18-22-21-16(23(18)3)14-5-4-8-26-14/h4-9H,10H2,1-3H3,(H2,19,20,24,25). The van der Waals surface area contributed by atoms with Crippen LogP contribution in [0.3, 0.4) is 0 Å². The number of benzene rings is 1. The molecular formula is C18H19N5O3S. The number of nitrogens with one attached hydrogen (secondary N) is 2. The monoisotopic (exact) mass is 385 g/mol. The van der Waals surface area contributed by atoms with Gasteiger partial charge in [-0.25, -0.2) is 4.79 Å². The first-order valence-electron chi connectivity index (χ1n) is 8.18. The molecule has 0 atom stereocenters. The van der Waals surface area contributed by atoms with Crippen LogP contribution < -0.4 is 10.6 Å². The second kappa shape index (κ2) is 8.09. The summed E-state index contributed by atoms with van der Waals surface area (Å²) in [5.41, 5.74) is 2.82. The Morgan fingerprint density at radius 1 is 1.19 bits per heavy atom. The van der Waals surface area contributed by atoms with Gasteiger partial charge in [0.05, 0.1) is 12.0 Å². The molecule has 0 aliphatic carbocycles. The molecule has 0 bridgehead atoms. The Labute approximate surface area is 160 Å². The Balaban J connectivity index is 1.52. The molecule has 0 unspecified atom stereocenters. The van der Waals surface area contributed by atoms with Gasteiger partial charge in [-0.3, -0.25) is 10.1 Å². The van der Waals surface area contributed by atoms with Gasteiger partial charge in [-0.15, -0.1) is 10.2 Å². The SMILES string of the molecule is Cc1ccc(NC(=O)NC(=O)CSc2nnc(-c3ccco3)n2C)cc1C. The maximum atomic E-state index is 12.0. The van der Waals surface area contributed by atoms with E-state index in [1.54, 1.807) is 36.1 Å². The van der Waals surface area contributed by atoms with Crippen molar-refractivity contribution in [3.8, 4) is 11.6 Å². The zero-order valence-electron chi connectivity index (χ0n) is 15.1. The molecule has 2 aromatic heterocycles. The number of thioether (sulfide) groups is 1. The third kappa shape index (κ3) is 4.56. The molecule has 0 aliphatic rings. The Bertz CT molecular complexity index is 966. The highest BCUT2D eigenvalue weighted by molar-refractivity contribution is 7.99. The highest BCUT2D eigenvalue weighted by atomic mass is 32.2. The summed E-state index contributed by atoms with van der Waals surface area (Å²) in [6, 6.07) is 8.52. The van der Waals surface area contributed by atoms with Gasteiger partial charge in [0.25, 0.3) is 0 Å². The number of rotatable bonds is 5. The minimum absolute atomic E-state index is 0.0322. The van der Waals surface area contributed by atoms with E-state index in [-0.39, 0.29) is 5.75 Å². The first-order chi connectivity index (χ1) is 12.9. The molecule has 8 nitrogen and oxygen atoms in total. The van der Waals surface area contributed by atoms with Gasteiger partial charge < -0.3 is 14.3 Å². The van der Waals surface area contributed by atoms with Gasteiger partial charge in [0.1, 0.15) is 0 Å². The number of aryl methyl sites for hydroxylation is 2. The summed E-state index contributed by atoms with van der Waals surface area (Å²) in [4.78, 5) is 24.0. The van der Waals surface area contributed by atoms with Crippen molar-refractivity contribution < 1.29 is 14.0 Å². The van der Waals surface area contributed by atoms with Crippen molar-refractivity contribution in [1.82, 2.24) is 20.1 Å². The Morgan fingerprint density at radius 3 is 2.70 bits per heavy atom. The van der Waals surface area contributed by atoms with Crippen molar-refractivity contribution in [3.05, 3.63) is 47.7 Å². The molecule has 27 heavy (non-hydrogen) atoms. The Morgan fingerprint density at radius 2 is 2.00 bits per heavy atom. The highest BCUT2D eigenvalue weighted by Crippen LogP contribution is 2.22. The first kappa shape index (κ1) is 18.7. The fourth-order valence-electron chi connectivity index (χ4n) is 2.34. The molecule has 3 rings (SSSR count). The van der Waals surface area contributed by atoms with Gasteiger partial charge in [-0.05, 0) is 49.2 Å². The molecule has 1 aromatic carbocycles. The highest BCUT2D eigenvalue weighted by Gasteiger charge is 2.15. The van der Waals surface area contributed by atoms with Crippen molar-refractivity contribution in [2.24, 2.45) is 7.05 Å². The minimum atomic E-state index is -0.571. The molecule has 3 amide bonds. The van der Waals surface area contributed by atoms with E-state index in [0.29, 0.717) is 22.4 Å². The van der Waals surface area contributed by atoms with Crippen molar-refractivity contribution >= 4 is 29.4 Å². The van der Waals surface area contributed by atoms with Crippen molar-refractivity contribution in [2.75, 3.05) is 11.1 Å². The molecule has 2 N–H and O–H groups in total. The maximum absolute atomic E-state index is 12.0.